The van der Waals surface area contributed by atoms with E-state index >= 15 is 0 Å². The lowest BCUT2D eigenvalue weighted by molar-refractivity contribution is 0.0928. The first kappa shape index (κ1) is 15.5. The Labute approximate surface area is 135 Å². The maximum absolute atomic E-state index is 12.2. The van der Waals surface area contributed by atoms with Crippen LogP contribution in [0.5, 0.6) is 5.88 Å². The van der Waals surface area contributed by atoms with E-state index in [-0.39, 0.29) is 11.9 Å². The number of nitrogens with one attached hydrogen (secondary N) is 1. The first-order valence-electron chi connectivity index (χ1n) is 7.66. The number of hydrogen-bond acceptors (Lipinski definition) is 5. The standard InChI is InChI=1S/C16H21N5O2/c1-20-14(5-7-18-20)16(22)19-13-6-8-21(11-13)10-12-3-4-15(23-2)17-9-12/h3-5,7,9,13H,6,8,10-11H2,1-2H3,(H,19,22)/t13-/m1/s1. The summed E-state index contributed by atoms with van der Waals surface area (Å²) in [5.74, 6) is 0.555. The van der Waals surface area contributed by atoms with Crippen molar-refractivity contribution < 1.29 is 9.53 Å². The van der Waals surface area contributed by atoms with Crippen LogP contribution in [0.4, 0.5) is 0 Å². The number of pyridine rings is 1. The van der Waals surface area contributed by atoms with Gasteiger partial charge >= 0.3 is 0 Å². The Hall–Kier alpha value is -2.41. The summed E-state index contributed by atoms with van der Waals surface area (Å²) in [4.78, 5) is 18.7. The summed E-state index contributed by atoms with van der Waals surface area (Å²) in [6.45, 7) is 2.63. The third kappa shape index (κ3) is 3.68. The Kier molecular flexibility index (Phi) is 4.57. The number of rotatable bonds is 5. The van der Waals surface area contributed by atoms with Crippen LogP contribution in [0.1, 0.15) is 22.5 Å². The molecule has 0 saturated carbocycles. The quantitative estimate of drug-likeness (QED) is 0.885. The zero-order valence-corrected chi connectivity index (χ0v) is 13.4. The fourth-order valence-electron chi connectivity index (χ4n) is 2.83. The number of nitrogens with zero attached hydrogens (tertiary/aromatic N) is 4. The minimum Gasteiger partial charge on any atom is -0.481 e. The van der Waals surface area contributed by atoms with Crippen LogP contribution in [0.3, 0.4) is 0 Å². The highest BCUT2D eigenvalue weighted by Gasteiger charge is 2.25. The molecule has 1 atom stereocenters. The van der Waals surface area contributed by atoms with Gasteiger partial charge in [0.15, 0.2) is 0 Å². The van der Waals surface area contributed by atoms with E-state index in [0.29, 0.717) is 11.6 Å². The van der Waals surface area contributed by atoms with Gasteiger partial charge in [0.1, 0.15) is 5.69 Å². The van der Waals surface area contributed by atoms with Crippen molar-refractivity contribution in [1.29, 1.82) is 0 Å². The van der Waals surface area contributed by atoms with E-state index in [4.69, 9.17) is 4.74 Å². The van der Waals surface area contributed by atoms with Crippen LogP contribution >= 0.6 is 0 Å². The second kappa shape index (κ2) is 6.78. The predicted octanol–water partition coefficient (Wildman–Crippen LogP) is 0.828. The second-order valence-electron chi connectivity index (χ2n) is 5.74. The Morgan fingerprint density at radius 2 is 2.30 bits per heavy atom. The molecule has 0 radical (unpaired) electrons. The average molecular weight is 315 g/mol. The fourth-order valence-corrected chi connectivity index (χ4v) is 2.83. The van der Waals surface area contributed by atoms with Crippen LogP contribution in [0.15, 0.2) is 30.6 Å². The Bertz CT molecular complexity index is 667. The second-order valence-corrected chi connectivity index (χ2v) is 5.74. The molecule has 3 rings (SSSR count). The molecule has 0 aliphatic carbocycles. The van der Waals surface area contributed by atoms with Gasteiger partial charge in [-0.25, -0.2) is 4.98 Å². The summed E-state index contributed by atoms with van der Waals surface area (Å²) >= 11 is 0. The van der Waals surface area contributed by atoms with Gasteiger partial charge in [-0.05, 0) is 18.1 Å². The van der Waals surface area contributed by atoms with Crippen LogP contribution in [0, 0.1) is 0 Å². The molecular weight excluding hydrogens is 294 g/mol. The number of carbonyl (C=O) groups is 1. The molecule has 2 aromatic heterocycles. The minimum atomic E-state index is -0.0667. The number of aryl methyl sites for hydroxylation is 1. The van der Waals surface area contributed by atoms with Crippen molar-refractivity contribution in [2.45, 2.75) is 19.0 Å². The van der Waals surface area contributed by atoms with Crippen molar-refractivity contribution in [3.8, 4) is 5.88 Å². The zero-order valence-electron chi connectivity index (χ0n) is 13.4. The molecule has 7 heteroatoms. The van der Waals surface area contributed by atoms with Gasteiger partial charge in [-0.15, -0.1) is 0 Å². The van der Waals surface area contributed by atoms with E-state index in [1.54, 1.807) is 31.1 Å². The van der Waals surface area contributed by atoms with Crippen LogP contribution in [-0.4, -0.2) is 51.8 Å². The number of aromatic nitrogens is 3. The first-order valence-corrected chi connectivity index (χ1v) is 7.66. The topological polar surface area (TPSA) is 72.3 Å². The summed E-state index contributed by atoms with van der Waals surface area (Å²) in [7, 11) is 3.38. The van der Waals surface area contributed by atoms with Crippen molar-refractivity contribution in [1.82, 2.24) is 25.0 Å². The Morgan fingerprint density at radius 1 is 1.43 bits per heavy atom. The Balaban J connectivity index is 1.52. The van der Waals surface area contributed by atoms with Gasteiger partial charge in [0, 0.05) is 51.2 Å². The third-order valence-electron chi connectivity index (χ3n) is 4.07. The molecule has 7 nitrogen and oxygen atoms in total. The van der Waals surface area contributed by atoms with Gasteiger partial charge in [-0.2, -0.15) is 5.10 Å². The summed E-state index contributed by atoms with van der Waals surface area (Å²) in [5, 5.41) is 7.10. The predicted molar refractivity (Wildman–Crippen MR) is 85.1 cm³/mol. The number of ether oxygens (including phenoxy) is 1. The molecule has 1 saturated heterocycles. The summed E-state index contributed by atoms with van der Waals surface area (Å²) in [6.07, 6.45) is 4.42. The van der Waals surface area contributed by atoms with Crippen LogP contribution in [-0.2, 0) is 13.6 Å². The van der Waals surface area contributed by atoms with Crippen LogP contribution < -0.4 is 10.1 Å². The van der Waals surface area contributed by atoms with Gasteiger partial charge in [0.05, 0.1) is 7.11 Å². The maximum Gasteiger partial charge on any atom is 0.269 e. The van der Waals surface area contributed by atoms with Crippen molar-refractivity contribution in [3.05, 3.63) is 41.9 Å². The van der Waals surface area contributed by atoms with Gasteiger partial charge in [0.2, 0.25) is 5.88 Å². The molecule has 2 aromatic rings. The summed E-state index contributed by atoms with van der Waals surface area (Å²) in [5.41, 5.74) is 1.73. The van der Waals surface area contributed by atoms with Crippen LogP contribution in [0.2, 0.25) is 0 Å². The molecule has 0 bridgehead atoms. The first-order chi connectivity index (χ1) is 11.2. The van der Waals surface area contributed by atoms with E-state index in [1.807, 2.05) is 18.3 Å². The lowest BCUT2D eigenvalue weighted by Gasteiger charge is -2.16. The van der Waals surface area contributed by atoms with Crippen LogP contribution in [0.25, 0.3) is 0 Å². The number of hydrogen-bond donors (Lipinski definition) is 1. The van der Waals surface area contributed by atoms with Crippen molar-refractivity contribution in [2.24, 2.45) is 7.05 Å². The smallest absolute Gasteiger partial charge is 0.269 e. The lowest BCUT2D eigenvalue weighted by Crippen LogP contribution is -2.37. The minimum absolute atomic E-state index is 0.0667. The van der Waals surface area contributed by atoms with Crippen molar-refractivity contribution in [3.63, 3.8) is 0 Å². The van der Waals surface area contributed by atoms with Gasteiger partial charge in [-0.3, -0.25) is 14.4 Å². The normalized spacial score (nSPS) is 18.1. The highest BCUT2D eigenvalue weighted by molar-refractivity contribution is 5.92. The van der Waals surface area contributed by atoms with E-state index in [9.17, 15) is 4.79 Å². The zero-order chi connectivity index (χ0) is 16.2. The molecule has 122 valence electrons. The van der Waals surface area contributed by atoms with E-state index < -0.39 is 0 Å². The average Bonchev–Trinajstić information content (AvgIpc) is 3.17. The molecule has 1 amide bonds. The Morgan fingerprint density at radius 3 is 2.96 bits per heavy atom. The largest absolute Gasteiger partial charge is 0.481 e. The van der Waals surface area contributed by atoms with Gasteiger partial charge in [0.25, 0.3) is 5.91 Å². The van der Waals surface area contributed by atoms with Gasteiger partial charge in [-0.1, -0.05) is 6.07 Å². The summed E-state index contributed by atoms with van der Waals surface area (Å²) < 4.78 is 6.65. The third-order valence-corrected chi connectivity index (χ3v) is 4.07. The number of amides is 1. The molecule has 0 aromatic carbocycles. The molecule has 1 fully saturated rings. The van der Waals surface area contributed by atoms with Crippen molar-refractivity contribution in [2.75, 3.05) is 20.2 Å². The molecule has 0 unspecified atom stereocenters. The number of likely N-dealkylation sites (tertiary alicyclic amines) is 1. The summed E-state index contributed by atoms with van der Waals surface area (Å²) in [6, 6.07) is 5.79. The van der Waals surface area contributed by atoms with Crippen molar-refractivity contribution >= 4 is 5.91 Å². The molecular formula is C16H21N5O2. The lowest BCUT2D eigenvalue weighted by atomic mass is 10.2. The van der Waals surface area contributed by atoms with E-state index in [0.717, 1.165) is 31.6 Å². The van der Waals surface area contributed by atoms with Gasteiger partial charge < -0.3 is 10.1 Å². The van der Waals surface area contributed by atoms with E-state index in [1.165, 1.54) is 0 Å². The molecule has 1 N–H and O–H groups in total. The molecule has 3 heterocycles. The number of methoxy groups -OCH3 is 1. The fraction of sp³-hybridized carbons (Fsp3) is 0.438. The molecule has 1 aliphatic rings. The molecule has 0 spiro atoms. The maximum atomic E-state index is 12.2. The number of carbonyl (C=O) groups excluding carboxylic acids is 1. The van der Waals surface area contributed by atoms with E-state index in [2.05, 4.69) is 20.3 Å². The SMILES string of the molecule is COc1ccc(CN2CC[C@@H](NC(=O)c3ccnn3C)C2)cn1. The highest BCUT2D eigenvalue weighted by Crippen LogP contribution is 2.15. The monoisotopic (exact) mass is 315 g/mol. The molecule has 23 heavy (non-hydrogen) atoms. The highest BCUT2D eigenvalue weighted by atomic mass is 16.5. The molecule has 1 aliphatic heterocycles.